The fourth-order valence-electron chi connectivity index (χ4n) is 3.85. The summed E-state index contributed by atoms with van der Waals surface area (Å²) in [6, 6.07) is 23.4. The third kappa shape index (κ3) is 5.41. The van der Waals surface area contributed by atoms with Crippen LogP contribution in [0.4, 0.5) is 0 Å². The Balaban J connectivity index is 1.59. The predicted octanol–water partition coefficient (Wildman–Crippen LogP) is 5.35. The van der Waals surface area contributed by atoms with Crippen LogP contribution < -0.4 is 19.5 Å². The van der Waals surface area contributed by atoms with Crippen molar-refractivity contribution in [3.8, 4) is 17.2 Å². The lowest BCUT2D eigenvalue weighted by molar-refractivity contribution is 0.0930. The molecule has 1 unspecified atom stereocenters. The van der Waals surface area contributed by atoms with Gasteiger partial charge in [0.25, 0.3) is 5.91 Å². The summed E-state index contributed by atoms with van der Waals surface area (Å²) in [6.45, 7) is 3.69. The zero-order valence-electron chi connectivity index (χ0n) is 18.4. The Bertz CT molecular complexity index is 1030. The van der Waals surface area contributed by atoms with Gasteiger partial charge < -0.3 is 19.5 Å². The lowest BCUT2D eigenvalue weighted by Crippen LogP contribution is -2.29. The fraction of sp³-hybridized carbons (Fsp3) is 0.296. The molecule has 3 aromatic carbocycles. The number of amides is 1. The highest BCUT2D eigenvalue weighted by Gasteiger charge is 2.21. The first-order valence-corrected chi connectivity index (χ1v) is 11.2. The first-order valence-electron chi connectivity index (χ1n) is 11.2. The third-order valence-electron chi connectivity index (χ3n) is 5.48. The van der Waals surface area contributed by atoms with Crippen molar-refractivity contribution < 1.29 is 19.0 Å². The second kappa shape index (κ2) is 10.7. The Morgan fingerprint density at radius 2 is 1.72 bits per heavy atom. The number of hydrogen-bond donors (Lipinski definition) is 1. The molecule has 1 amide bonds. The first-order chi connectivity index (χ1) is 15.7. The standard InChI is InChI=1S/C27H29NO4/c1-2-30-24-12-7-6-11-22(24)27(29)28-23(15-13-20-9-4-3-5-10-20)21-14-16-25-26(19-21)32-18-8-17-31-25/h3-7,9-12,14,16,19,23H,2,8,13,15,17-18H2,1H3,(H,28,29). The number of carbonyl (C=O) groups is 1. The summed E-state index contributed by atoms with van der Waals surface area (Å²) in [4.78, 5) is 13.2. The van der Waals surface area contributed by atoms with Crippen LogP contribution in [0.5, 0.6) is 17.2 Å². The molecule has 1 aliphatic rings. The van der Waals surface area contributed by atoms with Crippen LogP contribution in [0.3, 0.4) is 0 Å². The second-order valence-corrected chi connectivity index (χ2v) is 7.74. The Morgan fingerprint density at radius 1 is 0.969 bits per heavy atom. The van der Waals surface area contributed by atoms with Crippen LogP contribution in [-0.2, 0) is 6.42 Å². The maximum Gasteiger partial charge on any atom is 0.255 e. The molecule has 0 radical (unpaired) electrons. The minimum atomic E-state index is -0.186. The molecule has 0 spiro atoms. The van der Waals surface area contributed by atoms with Gasteiger partial charge >= 0.3 is 0 Å². The smallest absolute Gasteiger partial charge is 0.255 e. The van der Waals surface area contributed by atoms with Crippen molar-refractivity contribution in [2.24, 2.45) is 0 Å². The topological polar surface area (TPSA) is 56.8 Å². The van der Waals surface area contributed by atoms with E-state index in [1.807, 2.05) is 61.5 Å². The van der Waals surface area contributed by atoms with Crippen molar-refractivity contribution in [2.45, 2.75) is 32.2 Å². The largest absolute Gasteiger partial charge is 0.493 e. The highest BCUT2D eigenvalue weighted by Crippen LogP contribution is 2.34. The number of carbonyl (C=O) groups excluding carboxylic acids is 1. The zero-order valence-corrected chi connectivity index (χ0v) is 18.4. The maximum absolute atomic E-state index is 13.2. The fourth-order valence-corrected chi connectivity index (χ4v) is 3.85. The van der Waals surface area contributed by atoms with Crippen LogP contribution in [0.1, 0.15) is 47.3 Å². The number of benzene rings is 3. The van der Waals surface area contributed by atoms with E-state index >= 15 is 0 Å². The first kappa shape index (κ1) is 21.8. The molecule has 0 aliphatic carbocycles. The van der Waals surface area contributed by atoms with Crippen molar-refractivity contribution in [1.82, 2.24) is 5.32 Å². The van der Waals surface area contributed by atoms with Gasteiger partial charge in [0, 0.05) is 6.42 Å². The summed E-state index contributed by atoms with van der Waals surface area (Å²) in [6.07, 6.45) is 2.45. The summed E-state index contributed by atoms with van der Waals surface area (Å²) in [5.74, 6) is 1.92. The molecule has 1 aliphatic heterocycles. The molecule has 0 aromatic heterocycles. The highest BCUT2D eigenvalue weighted by atomic mass is 16.5. The van der Waals surface area contributed by atoms with E-state index in [-0.39, 0.29) is 11.9 Å². The summed E-state index contributed by atoms with van der Waals surface area (Å²) in [5.41, 5.74) is 2.76. The van der Waals surface area contributed by atoms with Crippen molar-refractivity contribution in [3.05, 3.63) is 89.5 Å². The van der Waals surface area contributed by atoms with Gasteiger partial charge in [-0.2, -0.15) is 0 Å². The molecular weight excluding hydrogens is 402 g/mol. The van der Waals surface area contributed by atoms with E-state index in [0.29, 0.717) is 31.1 Å². The van der Waals surface area contributed by atoms with Gasteiger partial charge in [-0.25, -0.2) is 0 Å². The van der Waals surface area contributed by atoms with Crippen molar-refractivity contribution in [2.75, 3.05) is 19.8 Å². The van der Waals surface area contributed by atoms with Crippen molar-refractivity contribution in [1.29, 1.82) is 0 Å². The summed E-state index contributed by atoms with van der Waals surface area (Å²) in [5, 5.41) is 3.23. The molecular formula is C27H29NO4. The van der Waals surface area contributed by atoms with E-state index in [4.69, 9.17) is 14.2 Å². The number of fused-ring (bicyclic) bond motifs is 1. The summed E-state index contributed by atoms with van der Waals surface area (Å²) < 4.78 is 17.3. The van der Waals surface area contributed by atoms with Crippen LogP contribution in [0, 0.1) is 0 Å². The van der Waals surface area contributed by atoms with Gasteiger partial charge in [-0.15, -0.1) is 0 Å². The average Bonchev–Trinajstić information content (AvgIpc) is 3.08. The quantitative estimate of drug-likeness (QED) is 0.522. The van der Waals surface area contributed by atoms with Crippen molar-refractivity contribution >= 4 is 5.91 Å². The summed E-state index contributed by atoms with van der Waals surface area (Å²) in [7, 11) is 0. The van der Waals surface area contributed by atoms with Crippen LogP contribution in [0.15, 0.2) is 72.8 Å². The van der Waals surface area contributed by atoms with E-state index < -0.39 is 0 Å². The minimum absolute atomic E-state index is 0.153. The highest BCUT2D eigenvalue weighted by molar-refractivity contribution is 5.97. The molecule has 4 rings (SSSR count). The predicted molar refractivity (Wildman–Crippen MR) is 125 cm³/mol. The molecule has 0 fully saturated rings. The third-order valence-corrected chi connectivity index (χ3v) is 5.48. The van der Waals surface area contributed by atoms with E-state index in [0.717, 1.165) is 36.3 Å². The number of aryl methyl sites for hydroxylation is 1. The number of hydrogen-bond acceptors (Lipinski definition) is 4. The van der Waals surface area contributed by atoms with Gasteiger partial charge in [-0.3, -0.25) is 4.79 Å². The monoisotopic (exact) mass is 431 g/mol. The number of nitrogens with one attached hydrogen (secondary N) is 1. The Labute approximate surface area is 189 Å². The normalized spacial score (nSPS) is 13.7. The van der Waals surface area contributed by atoms with Gasteiger partial charge in [0.15, 0.2) is 11.5 Å². The van der Waals surface area contributed by atoms with Crippen LogP contribution in [0.25, 0.3) is 0 Å². The zero-order chi connectivity index (χ0) is 22.2. The van der Waals surface area contributed by atoms with Crippen LogP contribution >= 0.6 is 0 Å². The minimum Gasteiger partial charge on any atom is -0.493 e. The Kier molecular flexibility index (Phi) is 7.28. The molecule has 3 aromatic rings. The van der Waals surface area contributed by atoms with E-state index in [1.165, 1.54) is 5.56 Å². The van der Waals surface area contributed by atoms with Gasteiger partial charge in [0.2, 0.25) is 0 Å². The SMILES string of the molecule is CCOc1ccccc1C(=O)NC(CCc1ccccc1)c1ccc2c(c1)OCCCO2. The molecule has 0 bridgehead atoms. The molecule has 32 heavy (non-hydrogen) atoms. The number of para-hydroxylation sites is 1. The maximum atomic E-state index is 13.2. The molecule has 0 saturated carbocycles. The average molecular weight is 432 g/mol. The van der Waals surface area contributed by atoms with E-state index in [1.54, 1.807) is 6.07 Å². The summed E-state index contributed by atoms with van der Waals surface area (Å²) >= 11 is 0. The van der Waals surface area contributed by atoms with Gasteiger partial charge in [-0.1, -0.05) is 48.5 Å². The second-order valence-electron chi connectivity index (χ2n) is 7.74. The molecule has 0 saturated heterocycles. The Morgan fingerprint density at radius 3 is 2.53 bits per heavy atom. The molecule has 1 heterocycles. The molecule has 1 atom stereocenters. The van der Waals surface area contributed by atoms with Crippen LogP contribution in [-0.4, -0.2) is 25.7 Å². The number of ether oxygens (including phenoxy) is 3. The van der Waals surface area contributed by atoms with E-state index in [9.17, 15) is 4.79 Å². The van der Waals surface area contributed by atoms with E-state index in [2.05, 4.69) is 17.4 Å². The van der Waals surface area contributed by atoms with Gasteiger partial charge in [0.05, 0.1) is 31.4 Å². The number of rotatable bonds is 8. The lowest BCUT2D eigenvalue weighted by atomic mass is 9.98. The van der Waals surface area contributed by atoms with Crippen molar-refractivity contribution in [3.63, 3.8) is 0 Å². The molecule has 5 heteroatoms. The van der Waals surface area contributed by atoms with Gasteiger partial charge in [0.1, 0.15) is 5.75 Å². The van der Waals surface area contributed by atoms with Gasteiger partial charge in [-0.05, 0) is 55.2 Å². The molecule has 5 nitrogen and oxygen atoms in total. The van der Waals surface area contributed by atoms with Crippen LogP contribution in [0.2, 0.25) is 0 Å². The molecule has 166 valence electrons. The Hall–Kier alpha value is -3.47. The lowest BCUT2D eigenvalue weighted by Gasteiger charge is -2.21. The molecule has 1 N–H and O–H groups in total.